The summed E-state index contributed by atoms with van der Waals surface area (Å²) in [4.78, 5) is 9.88. The number of hydrogen-bond acceptors (Lipinski definition) is 3. The molecule has 194 valence electrons. The number of allylic oxidation sites excluding steroid dienone is 1. The minimum Gasteiger partial charge on any atom is -0.464 e. The van der Waals surface area contributed by atoms with E-state index in [0.29, 0.717) is 0 Å². The number of hydrogen-bond donors (Lipinski definition) is 0. The fourth-order valence-electron chi connectivity index (χ4n) is 6.30. The van der Waals surface area contributed by atoms with Crippen LogP contribution in [0.4, 0.5) is 0 Å². The normalized spacial score (nSPS) is 22.5. The van der Waals surface area contributed by atoms with Gasteiger partial charge >= 0.3 is 0 Å². The van der Waals surface area contributed by atoms with Crippen LogP contribution in [0.1, 0.15) is 49.8 Å². The van der Waals surface area contributed by atoms with Crippen LogP contribution >= 0.6 is 0 Å². The van der Waals surface area contributed by atoms with Crippen molar-refractivity contribution in [2.24, 2.45) is 4.99 Å². The molecule has 2 atom stereocenters. The average Bonchev–Trinajstić information content (AvgIpc) is 3.34. The Morgan fingerprint density at radius 2 is 1.67 bits per heavy atom. The Bertz CT molecular complexity index is 1830. The van der Waals surface area contributed by atoms with Crippen LogP contribution in [-0.2, 0) is 4.74 Å². The molecule has 0 fully saturated rings. The summed E-state index contributed by atoms with van der Waals surface area (Å²) >= 11 is 0. The van der Waals surface area contributed by atoms with Crippen LogP contribution < -0.4 is 0 Å². The highest BCUT2D eigenvalue weighted by Crippen LogP contribution is 2.44. The highest BCUT2D eigenvalue weighted by molar-refractivity contribution is 6.10. The predicted octanol–water partition coefficient (Wildman–Crippen LogP) is 8.50. The van der Waals surface area contributed by atoms with Gasteiger partial charge in [-0.2, -0.15) is 0 Å². The first kappa shape index (κ1) is 23.9. The maximum absolute atomic E-state index is 6.66. The zero-order valence-electron chi connectivity index (χ0n) is 23.0. The first-order valence-corrected chi connectivity index (χ1v) is 13.9. The number of aryl methyl sites for hydroxylation is 2. The van der Waals surface area contributed by atoms with E-state index in [4.69, 9.17) is 9.73 Å². The molecule has 1 aliphatic heterocycles. The summed E-state index contributed by atoms with van der Waals surface area (Å²) in [5.74, 6) is 0.738. The molecule has 0 saturated heterocycles. The van der Waals surface area contributed by atoms with Crippen molar-refractivity contribution in [3.63, 3.8) is 0 Å². The van der Waals surface area contributed by atoms with E-state index < -0.39 is 5.60 Å². The number of rotatable bonds is 3. The third kappa shape index (κ3) is 3.81. The predicted molar refractivity (Wildman–Crippen MR) is 161 cm³/mol. The molecule has 4 nitrogen and oxygen atoms in total. The molecule has 0 amide bonds. The van der Waals surface area contributed by atoms with Gasteiger partial charge in [0.1, 0.15) is 5.54 Å². The van der Waals surface area contributed by atoms with E-state index in [0.717, 1.165) is 53.2 Å². The van der Waals surface area contributed by atoms with Gasteiger partial charge in [0, 0.05) is 33.8 Å². The molecule has 4 heteroatoms. The number of para-hydroxylation sites is 1. The molecule has 0 radical (unpaired) electrons. The summed E-state index contributed by atoms with van der Waals surface area (Å²) in [5.41, 5.74) is 8.26. The number of nitrogens with zero attached hydrogens (tertiary/aromatic N) is 3. The Balaban J connectivity index is 1.42. The summed E-state index contributed by atoms with van der Waals surface area (Å²) in [6.45, 7) is 8.67. The van der Waals surface area contributed by atoms with Crippen LogP contribution in [0, 0.1) is 13.8 Å². The minimum atomic E-state index is -0.425. The largest absolute Gasteiger partial charge is 0.464 e. The van der Waals surface area contributed by atoms with Crippen LogP contribution in [-0.4, -0.2) is 26.6 Å². The van der Waals surface area contributed by atoms with E-state index >= 15 is 0 Å². The zero-order chi connectivity index (χ0) is 26.8. The van der Waals surface area contributed by atoms with Crippen molar-refractivity contribution in [3.8, 4) is 16.9 Å². The molecule has 5 aromatic rings. The Kier molecular flexibility index (Phi) is 5.31. The topological polar surface area (TPSA) is 39.4 Å². The molecule has 3 heterocycles. The monoisotopic (exact) mass is 511 g/mol. The minimum absolute atomic E-state index is 0.262. The van der Waals surface area contributed by atoms with E-state index in [-0.39, 0.29) is 5.54 Å². The maximum atomic E-state index is 6.66. The summed E-state index contributed by atoms with van der Waals surface area (Å²) in [5, 5.41) is 2.47. The Morgan fingerprint density at radius 3 is 2.54 bits per heavy atom. The maximum Gasteiger partial charge on any atom is 0.217 e. The van der Waals surface area contributed by atoms with Crippen LogP contribution in [0.25, 0.3) is 38.8 Å². The molecule has 39 heavy (non-hydrogen) atoms. The molecule has 2 aliphatic rings. The van der Waals surface area contributed by atoms with Crippen molar-refractivity contribution >= 4 is 27.7 Å². The van der Waals surface area contributed by atoms with Gasteiger partial charge in [-0.25, -0.2) is 4.99 Å². The Morgan fingerprint density at radius 1 is 0.821 bits per heavy atom. The average molecular weight is 512 g/mol. The molecule has 1 aliphatic carbocycles. The molecule has 0 unspecified atom stereocenters. The lowest BCUT2D eigenvalue weighted by molar-refractivity contribution is 0.0804. The third-order valence-corrected chi connectivity index (χ3v) is 8.65. The number of benzene rings is 3. The lowest BCUT2D eigenvalue weighted by atomic mass is 9.81. The third-order valence-electron chi connectivity index (χ3n) is 8.65. The van der Waals surface area contributed by atoms with Gasteiger partial charge in [0.15, 0.2) is 5.60 Å². The van der Waals surface area contributed by atoms with Crippen molar-refractivity contribution in [1.82, 2.24) is 9.55 Å². The zero-order valence-corrected chi connectivity index (χ0v) is 23.0. The van der Waals surface area contributed by atoms with E-state index in [9.17, 15) is 0 Å². The second-order valence-corrected chi connectivity index (χ2v) is 11.6. The van der Waals surface area contributed by atoms with E-state index in [1.54, 1.807) is 0 Å². The molecule has 0 saturated carbocycles. The van der Waals surface area contributed by atoms with Gasteiger partial charge in [-0.05, 0) is 107 Å². The molecular formula is C35H33N3O. The van der Waals surface area contributed by atoms with Crippen LogP contribution in [0.5, 0.6) is 0 Å². The number of pyridine rings is 1. The molecule has 3 aromatic carbocycles. The first-order valence-electron chi connectivity index (χ1n) is 13.9. The van der Waals surface area contributed by atoms with Crippen LogP contribution in [0.2, 0.25) is 0 Å². The molecule has 0 spiro atoms. The molecular weight excluding hydrogens is 478 g/mol. The fourth-order valence-corrected chi connectivity index (χ4v) is 6.30. The summed E-state index contributed by atoms with van der Waals surface area (Å²) in [7, 11) is 0. The SMILES string of the molecule is Cc1cc(C2=N[C@]3(C)CCCC=C[C@]3(C)O2)cc(-n2c3ccccc3c3ccc(-c4cc(C)ccn4)cc32)c1. The van der Waals surface area contributed by atoms with Gasteiger partial charge in [0.25, 0.3) is 0 Å². The van der Waals surface area contributed by atoms with Crippen molar-refractivity contribution in [1.29, 1.82) is 0 Å². The Hall–Kier alpha value is -4.18. The Labute approximate surface area is 229 Å². The number of fused-ring (bicyclic) bond motifs is 4. The summed E-state index contributed by atoms with van der Waals surface area (Å²) in [6, 6.07) is 26.2. The molecule has 7 rings (SSSR count). The summed E-state index contributed by atoms with van der Waals surface area (Å²) < 4.78 is 9.03. The number of aromatic nitrogens is 2. The van der Waals surface area contributed by atoms with E-state index in [1.165, 1.54) is 27.4 Å². The quantitative estimate of drug-likeness (QED) is 0.228. The number of aliphatic imine (C=N–C) groups is 1. The molecule has 2 aromatic heterocycles. The van der Waals surface area contributed by atoms with Gasteiger partial charge in [0.05, 0.1) is 16.7 Å². The van der Waals surface area contributed by atoms with E-state index in [1.807, 2.05) is 12.3 Å². The molecule has 0 N–H and O–H groups in total. The second-order valence-electron chi connectivity index (χ2n) is 11.6. The van der Waals surface area contributed by atoms with E-state index in [2.05, 4.69) is 116 Å². The van der Waals surface area contributed by atoms with Gasteiger partial charge in [-0.3, -0.25) is 4.98 Å². The lowest BCUT2D eigenvalue weighted by Gasteiger charge is -2.34. The van der Waals surface area contributed by atoms with Crippen molar-refractivity contribution < 1.29 is 4.74 Å². The smallest absolute Gasteiger partial charge is 0.217 e. The first-order chi connectivity index (χ1) is 18.8. The number of ether oxygens (including phenoxy) is 1. The fraction of sp³-hybridized carbons (Fsp3) is 0.257. The van der Waals surface area contributed by atoms with Gasteiger partial charge in [-0.1, -0.05) is 36.4 Å². The van der Waals surface area contributed by atoms with Crippen LogP contribution in [0.15, 0.2) is 96.1 Å². The van der Waals surface area contributed by atoms with Gasteiger partial charge in [-0.15, -0.1) is 0 Å². The van der Waals surface area contributed by atoms with Gasteiger partial charge < -0.3 is 9.30 Å². The van der Waals surface area contributed by atoms with Gasteiger partial charge in [0.2, 0.25) is 5.90 Å². The van der Waals surface area contributed by atoms with Crippen molar-refractivity contribution in [2.75, 3.05) is 0 Å². The molecule has 0 bridgehead atoms. The lowest BCUT2D eigenvalue weighted by Crippen LogP contribution is -2.44. The van der Waals surface area contributed by atoms with Crippen LogP contribution in [0.3, 0.4) is 0 Å². The highest BCUT2D eigenvalue weighted by atomic mass is 16.5. The standard InChI is InChI=1S/C35H33N3O/c1-23-14-17-36-30(20-23)25-12-13-29-28-10-6-7-11-31(28)38(32(29)22-25)27-19-24(2)18-26(21-27)33-37-34(3)15-8-5-9-16-35(34,4)39-33/h6-7,9-14,16-22H,5,8,15H2,1-4H3/t34-,35+/m1/s1. The summed E-state index contributed by atoms with van der Waals surface area (Å²) in [6.07, 6.45) is 9.59. The van der Waals surface area contributed by atoms with Crippen molar-refractivity contribution in [2.45, 2.75) is 58.1 Å². The van der Waals surface area contributed by atoms with Crippen molar-refractivity contribution in [3.05, 3.63) is 108 Å². The highest BCUT2D eigenvalue weighted by Gasteiger charge is 2.51. The second kappa shape index (κ2) is 8.67.